The number of hydrogen-bond donors (Lipinski definition) is 0. The van der Waals surface area contributed by atoms with Gasteiger partial charge in [-0.25, -0.2) is 0 Å². The molecule has 9 rings (SSSR count). The molecule has 0 aromatic heterocycles. The number of benzene rings is 2. The molecule has 4 aliphatic carbocycles. The number of fused-ring (bicyclic) bond motifs is 5. The predicted molar refractivity (Wildman–Crippen MR) is 138 cm³/mol. The fourth-order valence-corrected chi connectivity index (χ4v) is 9.82. The van der Waals surface area contributed by atoms with Gasteiger partial charge in [-0.05, 0) is 104 Å². The Bertz CT molecular complexity index is 1040. The van der Waals surface area contributed by atoms with Crippen molar-refractivity contribution in [1.82, 2.24) is 4.90 Å². The molecule has 2 aromatic rings. The van der Waals surface area contributed by atoms with Gasteiger partial charge in [0, 0.05) is 43.0 Å². The third-order valence-electron chi connectivity index (χ3n) is 10.4. The van der Waals surface area contributed by atoms with Crippen molar-refractivity contribution in [2.75, 3.05) is 24.5 Å². The molecular formula is C30H37ClN2. The van der Waals surface area contributed by atoms with E-state index >= 15 is 0 Å². The van der Waals surface area contributed by atoms with Gasteiger partial charge in [0.25, 0.3) is 0 Å². The number of likely N-dealkylation sites (tertiary alicyclic amines) is 1. The summed E-state index contributed by atoms with van der Waals surface area (Å²) in [6.07, 6.45) is 13.0. The first-order valence-electron chi connectivity index (χ1n) is 13.5. The molecule has 4 saturated carbocycles. The van der Waals surface area contributed by atoms with Crippen molar-refractivity contribution in [2.24, 2.45) is 23.2 Å². The highest BCUT2D eigenvalue weighted by Crippen LogP contribution is 2.61. The van der Waals surface area contributed by atoms with Gasteiger partial charge in [0.05, 0.1) is 0 Å². The first-order valence-corrected chi connectivity index (χ1v) is 13.5. The van der Waals surface area contributed by atoms with Gasteiger partial charge in [-0.2, -0.15) is 0 Å². The number of anilines is 2. The monoisotopic (exact) mass is 460 g/mol. The quantitative estimate of drug-likeness (QED) is 0.490. The van der Waals surface area contributed by atoms with Gasteiger partial charge in [-0.1, -0.05) is 36.4 Å². The summed E-state index contributed by atoms with van der Waals surface area (Å²) in [4.78, 5) is 5.71. The lowest BCUT2D eigenvalue weighted by molar-refractivity contribution is -0.0721. The first kappa shape index (κ1) is 20.8. The molecule has 0 radical (unpaired) electrons. The summed E-state index contributed by atoms with van der Waals surface area (Å²) in [5, 5.41) is 0. The smallest absolute Gasteiger partial charge is 0.0483 e. The van der Waals surface area contributed by atoms with Crippen LogP contribution >= 0.6 is 12.4 Å². The molecule has 174 valence electrons. The van der Waals surface area contributed by atoms with E-state index < -0.39 is 0 Å². The summed E-state index contributed by atoms with van der Waals surface area (Å²) in [5.74, 6) is 3.88. The summed E-state index contributed by atoms with van der Waals surface area (Å²) in [6, 6.07) is 17.1. The van der Waals surface area contributed by atoms with Crippen LogP contribution in [0.15, 0.2) is 42.5 Å². The van der Waals surface area contributed by atoms with Crippen LogP contribution < -0.4 is 4.90 Å². The maximum Gasteiger partial charge on any atom is 0.0483 e. The van der Waals surface area contributed by atoms with E-state index in [1.807, 2.05) is 0 Å². The fourth-order valence-electron chi connectivity index (χ4n) is 9.82. The van der Waals surface area contributed by atoms with Crippen molar-refractivity contribution >= 4 is 23.8 Å². The van der Waals surface area contributed by atoms with Gasteiger partial charge in [0.1, 0.15) is 0 Å². The first-order chi connectivity index (χ1) is 15.7. The van der Waals surface area contributed by atoms with Crippen LogP contribution in [-0.4, -0.2) is 30.6 Å². The summed E-state index contributed by atoms with van der Waals surface area (Å²) in [5.41, 5.74) is 8.54. The van der Waals surface area contributed by atoms with Crippen molar-refractivity contribution < 1.29 is 0 Å². The number of nitrogens with zero attached hydrogens (tertiary/aromatic N) is 2. The van der Waals surface area contributed by atoms with E-state index in [4.69, 9.17) is 0 Å². The SMILES string of the molecule is Cl.c1ccc2c(c1)CCc1cccc3c1N2C1CCN(CC24CC5CC(CC(C5)C2)C4)CC31. The number of rotatable bonds is 2. The summed E-state index contributed by atoms with van der Waals surface area (Å²) in [6.45, 7) is 3.97. The Kier molecular flexibility index (Phi) is 4.73. The van der Waals surface area contributed by atoms with E-state index in [1.165, 1.54) is 44.6 Å². The second-order valence-corrected chi connectivity index (χ2v) is 12.5. The highest BCUT2D eigenvalue weighted by molar-refractivity contribution is 5.85. The molecular weight excluding hydrogens is 424 g/mol. The Morgan fingerprint density at radius 3 is 2.30 bits per heavy atom. The van der Waals surface area contributed by atoms with Gasteiger partial charge in [0.2, 0.25) is 0 Å². The lowest BCUT2D eigenvalue weighted by Gasteiger charge is -2.58. The molecule has 2 unspecified atom stereocenters. The van der Waals surface area contributed by atoms with Crippen molar-refractivity contribution in [2.45, 2.75) is 69.7 Å². The van der Waals surface area contributed by atoms with Gasteiger partial charge in [0.15, 0.2) is 0 Å². The fraction of sp³-hybridized carbons (Fsp3) is 0.600. The van der Waals surface area contributed by atoms with Crippen LogP contribution in [0.2, 0.25) is 0 Å². The van der Waals surface area contributed by atoms with Crippen LogP contribution in [0, 0.1) is 23.2 Å². The van der Waals surface area contributed by atoms with E-state index in [0.29, 0.717) is 17.4 Å². The second-order valence-electron chi connectivity index (χ2n) is 12.5. The Labute approximate surface area is 205 Å². The number of aryl methyl sites for hydroxylation is 2. The van der Waals surface area contributed by atoms with E-state index in [-0.39, 0.29) is 12.4 Å². The molecule has 3 aliphatic heterocycles. The zero-order valence-electron chi connectivity index (χ0n) is 19.7. The topological polar surface area (TPSA) is 6.48 Å². The normalized spacial score (nSPS) is 37.7. The Morgan fingerprint density at radius 2 is 1.52 bits per heavy atom. The molecule has 4 bridgehead atoms. The maximum atomic E-state index is 2.92. The lowest BCUT2D eigenvalue weighted by atomic mass is 9.49. The largest absolute Gasteiger partial charge is 0.337 e. The van der Waals surface area contributed by atoms with Crippen LogP contribution in [0.25, 0.3) is 0 Å². The average molecular weight is 461 g/mol. The zero-order valence-corrected chi connectivity index (χ0v) is 20.5. The minimum Gasteiger partial charge on any atom is -0.337 e. The van der Waals surface area contributed by atoms with Crippen LogP contribution in [0.4, 0.5) is 11.4 Å². The van der Waals surface area contributed by atoms with Crippen molar-refractivity contribution in [3.63, 3.8) is 0 Å². The Morgan fingerprint density at radius 1 is 0.818 bits per heavy atom. The van der Waals surface area contributed by atoms with Crippen LogP contribution in [0.1, 0.15) is 67.6 Å². The van der Waals surface area contributed by atoms with Crippen LogP contribution in [0.3, 0.4) is 0 Å². The molecule has 2 atom stereocenters. The number of para-hydroxylation sites is 2. The van der Waals surface area contributed by atoms with E-state index in [2.05, 4.69) is 52.3 Å². The molecule has 0 N–H and O–H groups in total. The Balaban J connectivity index is 0.00000190. The lowest BCUT2D eigenvalue weighted by Crippen LogP contribution is -2.54. The van der Waals surface area contributed by atoms with E-state index in [1.54, 1.807) is 60.9 Å². The highest BCUT2D eigenvalue weighted by Gasteiger charge is 2.52. The molecule has 2 aromatic carbocycles. The molecule has 0 amide bonds. The van der Waals surface area contributed by atoms with Gasteiger partial charge < -0.3 is 9.80 Å². The van der Waals surface area contributed by atoms with E-state index in [9.17, 15) is 0 Å². The molecule has 5 fully saturated rings. The van der Waals surface area contributed by atoms with Crippen molar-refractivity contribution in [1.29, 1.82) is 0 Å². The molecule has 2 nitrogen and oxygen atoms in total. The number of halogens is 1. The Hall–Kier alpha value is -1.51. The van der Waals surface area contributed by atoms with Gasteiger partial charge in [-0.3, -0.25) is 0 Å². The molecule has 7 aliphatic rings. The minimum absolute atomic E-state index is 0. The van der Waals surface area contributed by atoms with Crippen LogP contribution in [0.5, 0.6) is 0 Å². The average Bonchev–Trinajstić information content (AvgIpc) is 3.00. The highest BCUT2D eigenvalue weighted by atomic mass is 35.5. The molecule has 3 heterocycles. The van der Waals surface area contributed by atoms with Crippen molar-refractivity contribution in [3.8, 4) is 0 Å². The maximum absolute atomic E-state index is 2.92. The molecule has 33 heavy (non-hydrogen) atoms. The van der Waals surface area contributed by atoms with Crippen molar-refractivity contribution in [3.05, 3.63) is 59.2 Å². The zero-order chi connectivity index (χ0) is 20.9. The molecule has 1 saturated heterocycles. The van der Waals surface area contributed by atoms with Gasteiger partial charge in [-0.15, -0.1) is 12.4 Å². The number of hydrogen-bond acceptors (Lipinski definition) is 2. The van der Waals surface area contributed by atoms with E-state index in [0.717, 1.165) is 17.8 Å². The van der Waals surface area contributed by atoms with Gasteiger partial charge >= 0.3 is 0 Å². The summed E-state index contributed by atoms with van der Waals surface area (Å²) >= 11 is 0. The molecule has 0 spiro atoms. The second kappa shape index (κ2) is 7.49. The van der Waals surface area contributed by atoms with Crippen LogP contribution in [-0.2, 0) is 12.8 Å². The minimum atomic E-state index is 0. The third-order valence-corrected chi connectivity index (χ3v) is 10.4. The third kappa shape index (κ3) is 3.09. The molecule has 3 heteroatoms. The predicted octanol–water partition coefficient (Wildman–Crippen LogP) is 6.73. The summed E-state index contributed by atoms with van der Waals surface area (Å²) in [7, 11) is 0. The summed E-state index contributed by atoms with van der Waals surface area (Å²) < 4.78 is 0. The number of piperidine rings is 1. The standard InChI is InChI=1S/C30H36N2.ClH/c1-2-7-27-23(4-1)8-9-24-5-3-6-25-26-18-31(11-10-28(26)32(27)29(24)25)19-30-15-20-12-21(16-30)14-22(13-20)17-30;/h1-7,20-22,26,28H,8-19H2;1H.